The second kappa shape index (κ2) is 7.93. The Hall–Kier alpha value is -4.01. The third-order valence-corrected chi connectivity index (χ3v) is 4.28. The highest BCUT2D eigenvalue weighted by Crippen LogP contribution is 2.24. The minimum absolute atomic E-state index is 0.496. The van der Waals surface area contributed by atoms with Gasteiger partial charge < -0.3 is 15.0 Å². The zero-order valence-corrected chi connectivity index (χ0v) is 16.0. The second-order valence-electron chi connectivity index (χ2n) is 6.36. The smallest absolute Gasteiger partial charge is 0.411 e. The Balaban J connectivity index is 1.59. The summed E-state index contributed by atoms with van der Waals surface area (Å²) < 4.78 is 4.60. The summed E-state index contributed by atoms with van der Waals surface area (Å²) in [6.45, 7) is 2.53. The van der Waals surface area contributed by atoms with E-state index in [1.807, 2.05) is 42.2 Å². The van der Waals surface area contributed by atoms with E-state index in [0.717, 1.165) is 11.3 Å². The molecule has 0 bridgehead atoms. The van der Waals surface area contributed by atoms with Crippen molar-refractivity contribution in [3.63, 3.8) is 0 Å². The van der Waals surface area contributed by atoms with Gasteiger partial charge in [0, 0.05) is 24.1 Å². The van der Waals surface area contributed by atoms with E-state index in [-0.39, 0.29) is 0 Å². The van der Waals surface area contributed by atoms with Gasteiger partial charge in [0.15, 0.2) is 5.82 Å². The Labute approximate surface area is 167 Å². The lowest BCUT2D eigenvalue weighted by Crippen LogP contribution is -2.27. The largest absolute Gasteiger partial charge is 0.453 e. The molecule has 2 aromatic heterocycles. The first-order valence-corrected chi connectivity index (χ1v) is 8.94. The fourth-order valence-corrected chi connectivity index (χ4v) is 2.84. The van der Waals surface area contributed by atoms with Gasteiger partial charge in [-0.3, -0.25) is 5.32 Å². The number of aryl methyl sites for hydroxylation is 1. The van der Waals surface area contributed by atoms with E-state index in [9.17, 15) is 4.79 Å². The van der Waals surface area contributed by atoms with E-state index in [0.29, 0.717) is 35.0 Å². The van der Waals surface area contributed by atoms with E-state index in [1.165, 1.54) is 13.4 Å². The molecule has 4 rings (SSSR count). The van der Waals surface area contributed by atoms with Gasteiger partial charge in [0.1, 0.15) is 17.4 Å². The first-order valence-electron chi connectivity index (χ1n) is 8.94. The number of hydrogen-bond donors (Lipinski definition) is 2. The predicted octanol–water partition coefficient (Wildman–Crippen LogP) is 3.05. The van der Waals surface area contributed by atoms with E-state index in [1.54, 1.807) is 18.5 Å². The van der Waals surface area contributed by atoms with E-state index in [2.05, 4.69) is 35.3 Å². The summed E-state index contributed by atoms with van der Waals surface area (Å²) in [6.07, 6.45) is 8.03. The van der Waals surface area contributed by atoms with Crippen molar-refractivity contribution in [2.24, 2.45) is 0 Å². The highest BCUT2D eigenvalue weighted by molar-refractivity contribution is 5.87. The van der Waals surface area contributed by atoms with Gasteiger partial charge >= 0.3 is 6.09 Å². The van der Waals surface area contributed by atoms with Crippen molar-refractivity contribution in [1.29, 1.82) is 0 Å². The molecule has 0 fully saturated rings. The normalized spacial score (nSPS) is 13.2. The lowest BCUT2D eigenvalue weighted by Gasteiger charge is -2.21. The highest BCUT2D eigenvalue weighted by atomic mass is 16.5. The molecule has 0 saturated carbocycles. The SMILES string of the molecule is COC(=O)NC1=CCN(c2ncc3ncnc(Nc4cccc(C)c4)c3n2)C=C1. The molecule has 0 spiro atoms. The molecule has 0 saturated heterocycles. The number of alkyl carbamates (subject to hydrolysis) is 1. The Morgan fingerprint density at radius 2 is 2.14 bits per heavy atom. The van der Waals surface area contributed by atoms with Gasteiger partial charge in [-0.1, -0.05) is 12.1 Å². The van der Waals surface area contributed by atoms with Gasteiger partial charge in [-0.15, -0.1) is 0 Å². The number of methoxy groups -OCH3 is 1. The molecule has 0 radical (unpaired) electrons. The average molecular weight is 389 g/mol. The van der Waals surface area contributed by atoms with Crippen LogP contribution in [0.4, 0.5) is 22.2 Å². The van der Waals surface area contributed by atoms with E-state index in [4.69, 9.17) is 0 Å². The topological polar surface area (TPSA) is 105 Å². The lowest BCUT2D eigenvalue weighted by atomic mass is 10.2. The number of hydrogen-bond acceptors (Lipinski definition) is 8. The fourth-order valence-electron chi connectivity index (χ4n) is 2.84. The number of carbonyl (C=O) groups is 1. The van der Waals surface area contributed by atoms with Crippen LogP contribution in [0.2, 0.25) is 0 Å². The van der Waals surface area contributed by atoms with Crippen molar-refractivity contribution in [2.75, 3.05) is 23.9 Å². The van der Waals surface area contributed by atoms with Crippen LogP contribution >= 0.6 is 0 Å². The van der Waals surface area contributed by atoms with E-state index >= 15 is 0 Å². The van der Waals surface area contributed by atoms with Crippen molar-refractivity contribution < 1.29 is 9.53 Å². The zero-order valence-electron chi connectivity index (χ0n) is 16.0. The van der Waals surface area contributed by atoms with Gasteiger partial charge in [-0.2, -0.15) is 0 Å². The molecular formula is C20H19N7O2. The molecule has 1 aliphatic heterocycles. The molecule has 2 N–H and O–H groups in total. The summed E-state index contributed by atoms with van der Waals surface area (Å²) in [5, 5.41) is 5.93. The molecule has 0 aliphatic carbocycles. The lowest BCUT2D eigenvalue weighted by molar-refractivity contribution is 0.174. The van der Waals surface area contributed by atoms with Gasteiger partial charge in [-0.05, 0) is 36.8 Å². The van der Waals surface area contributed by atoms with Crippen LogP contribution in [0.1, 0.15) is 5.56 Å². The summed E-state index contributed by atoms with van der Waals surface area (Å²) in [7, 11) is 1.32. The Morgan fingerprint density at radius 3 is 2.90 bits per heavy atom. The standard InChI is InChI=1S/C20H19N7O2/c1-13-4-3-5-15(10-13)24-18-17-16(22-12-23-18)11-21-19(26-17)27-8-6-14(7-9-27)25-20(28)29-2/h3-8,10-12H,9H2,1-2H3,(H,25,28)(H,22,23,24). The molecule has 9 nitrogen and oxygen atoms in total. The van der Waals surface area contributed by atoms with Crippen molar-refractivity contribution in [2.45, 2.75) is 6.92 Å². The van der Waals surface area contributed by atoms with Gasteiger partial charge in [-0.25, -0.2) is 24.7 Å². The monoisotopic (exact) mass is 389 g/mol. The summed E-state index contributed by atoms with van der Waals surface area (Å²) in [5.74, 6) is 1.11. The number of ether oxygens (including phenoxy) is 1. The molecule has 146 valence electrons. The Morgan fingerprint density at radius 1 is 1.24 bits per heavy atom. The number of carbonyl (C=O) groups excluding carboxylic acids is 1. The maximum absolute atomic E-state index is 11.3. The molecule has 29 heavy (non-hydrogen) atoms. The summed E-state index contributed by atoms with van der Waals surface area (Å²) >= 11 is 0. The van der Waals surface area contributed by atoms with Crippen LogP contribution < -0.4 is 15.5 Å². The maximum atomic E-state index is 11.3. The predicted molar refractivity (Wildman–Crippen MR) is 110 cm³/mol. The number of nitrogens with one attached hydrogen (secondary N) is 2. The molecule has 1 amide bonds. The summed E-state index contributed by atoms with van der Waals surface area (Å²) in [4.78, 5) is 30.8. The number of aromatic nitrogens is 4. The third kappa shape index (κ3) is 4.13. The summed E-state index contributed by atoms with van der Waals surface area (Å²) in [5.41, 5.74) is 3.98. The third-order valence-electron chi connectivity index (χ3n) is 4.28. The van der Waals surface area contributed by atoms with Gasteiger partial charge in [0.25, 0.3) is 0 Å². The molecule has 9 heteroatoms. The number of rotatable bonds is 4. The number of anilines is 3. The van der Waals surface area contributed by atoms with Crippen LogP contribution in [0.15, 0.2) is 60.8 Å². The number of amides is 1. The number of fused-ring (bicyclic) bond motifs is 1. The zero-order chi connectivity index (χ0) is 20.2. The van der Waals surface area contributed by atoms with Gasteiger partial charge in [0.2, 0.25) is 5.95 Å². The van der Waals surface area contributed by atoms with Crippen molar-refractivity contribution in [3.8, 4) is 0 Å². The van der Waals surface area contributed by atoms with Crippen molar-refractivity contribution in [3.05, 3.63) is 66.4 Å². The molecule has 1 aliphatic rings. The van der Waals surface area contributed by atoms with Gasteiger partial charge in [0.05, 0.1) is 13.3 Å². The number of nitrogens with zero attached hydrogens (tertiary/aromatic N) is 5. The molecule has 3 heterocycles. The van der Waals surface area contributed by atoms with Crippen LogP contribution in [-0.4, -0.2) is 39.7 Å². The molecule has 1 aromatic carbocycles. The number of allylic oxidation sites excluding steroid dienone is 1. The fraction of sp³-hybridized carbons (Fsp3) is 0.150. The van der Waals surface area contributed by atoms with Crippen LogP contribution in [0.25, 0.3) is 11.0 Å². The van der Waals surface area contributed by atoms with Crippen LogP contribution in [-0.2, 0) is 4.74 Å². The summed E-state index contributed by atoms with van der Waals surface area (Å²) in [6, 6.07) is 8.01. The minimum atomic E-state index is -0.514. The Bertz CT molecular complexity index is 1130. The molecule has 3 aromatic rings. The quantitative estimate of drug-likeness (QED) is 0.701. The van der Waals surface area contributed by atoms with Crippen LogP contribution in [0, 0.1) is 6.92 Å². The molecular weight excluding hydrogens is 370 g/mol. The first-order chi connectivity index (χ1) is 14.1. The highest BCUT2D eigenvalue weighted by Gasteiger charge is 2.14. The number of benzene rings is 1. The molecule has 0 unspecified atom stereocenters. The first kappa shape index (κ1) is 18.4. The maximum Gasteiger partial charge on any atom is 0.411 e. The van der Waals surface area contributed by atoms with Crippen molar-refractivity contribution in [1.82, 2.24) is 25.3 Å². The van der Waals surface area contributed by atoms with Crippen LogP contribution in [0.3, 0.4) is 0 Å². The molecule has 0 atom stereocenters. The van der Waals surface area contributed by atoms with E-state index < -0.39 is 6.09 Å². The average Bonchev–Trinajstić information content (AvgIpc) is 2.74. The minimum Gasteiger partial charge on any atom is -0.453 e. The Kier molecular flexibility index (Phi) is 5.02. The van der Waals surface area contributed by atoms with Crippen molar-refractivity contribution >= 4 is 34.6 Å². The van der Waals surface area contributed by atoms with Crippen LogP contribution in [0.5, 0.6) is 0 Å². The second-order valence-corrected chi connectivity index (χ2v) is 6.36.